The fraction of sp³-hybridized carbons (Fsp3) is 0.412. The molecule has 1 N–H and O–H groups in total. The standard InChI is InChI=1S/C17H23N3/c1-3-14-5-6-16(20-13-14)12-17(19-4-2)11-15-7-9-18-10-8-15/h5-10,13,17,19H,3-4,11-12H2,1-2H3. The predicted octanol–water partition coefficient (Wildman–Crippen LogP) is 2.80. The molecule has 0 aliphatic rings. The van der Waals surface area contributed by atoms with Crippen molar-refractivity contribution in [3.8, 4) is 0 Å². The number of hydrogen-bond acceptors (Lipinski definition) is 3. The highest BCUT2D eigenvalue weighted by atomic mass is 14.9. The normalized spacial score (nSPS) is 12.3. The molecule has 0 saturated heterocycles. The zero-order valence-corrected chi connectivity index (χ0v) is 12.3. The van der Waals surface area contributed by atoms with Crippen molar-refractivity contribution in [2.75, 3.05) is 6.54 Å². The van der Waals surface area contributed by atoms with E-state index in [0.29, 0.717) is 6.04 Å². The molecule has 0 aliphatic carbocycles. The molecule has 2 heterocycles. The summed E-state index contributed by atoms with van der Waals surface area (Å²) in [5, 5.41) is 3.55. The lowest BCUT2D eigenvalue weighted by Gasteiger charge is -2.17. The van der Waals surface area contributed by atoms with Gasteiger partial charge in [0.15, 0.2) is 0 Å². The van der Waals surface area contributed by atoms with E-state index in [1.807, 2.05) is 18.6 Å². The zero-order valence-electron chi connectivity index (χ0n) is 12.3. The maximum atomic E-state index is 4.56. The molecule has 1 atom stereocenters. The van der Waals surface area contributed by atoms with Crippen LogP contribution in [0, 0.1) is 0 Å². The first-order chi connectivity index (χ1) is 9.81. The Morgan fingerprint density at radius 1 is 1.00 bits per heavy atom. The van der Waals surface area contributed by atoms with Crippen LogP contribution in [0.4, 0.5) is 0 Å². The fourth-order valence-electron chi connectivity index (χ4n) is 2.35. The van der Waals surface area contributed by atoms with Crippen LogP contribution in [0.25, 0.3) is 0 Å². The van der Waals surface area contributed by atoms with E-state index in [1.54, 1.807) is 0 Å². The van der Waals surface area contributed by atoms with Gasteiger partial charge < -0.3 is 5.32 Å². The Morgan fingerprint density at radius 3 is 2.40 bits per heavy atom. The Kier molecular flexibility index (Phi) is 5.69. The van der Waals surface area contributed by atoms with Crippen LogP contribution in [0.15, 0.2) is 42.9 Å². The molecule has 0 spiro atoms. The molecule has 0 saturated carbocycles. The van der Waals surface area contributed by atoms with Crippen LogP contribution in [0.5, 0.6) is 0 Å². The zero-order chi connectivity index (χ0) is 14.2. The first kappa shape index (κ1) is 14.7. The van der Waals surface area contributed by atoms with E-state index >= 15 is 0 Å². The van der Waals surface area contributed by atoms with Crippen LogP contribution < -0.4 is 5.32 Å². The summed E-state index contributed by atoms with van der Waals surface area (Å²) in [6, 6.07) is 8.91. The highest BCUT2D eigenvalue weighted by molar-refractivity contribution is 5.16. The van der Waals surface area contributed by atoms with Crippen molar-refractivity contribution >= 4 is 0 Å². The van der Waals surface area contributed by atoms with Gasteiger partial charge in [0.25, 0.3) is 0 Å². The molecule has 0 radical (unpaired) electrons. The topological polar surface area (TPSA) is 37.8 Å². The molecule has 0 aromatic carbocycles. The van der Waals surface area contributed by atoms with Gasteiger partial charge in [-0.3, -0.25) is 9.97 Å². The summed E-state index contributed by atoms with van der Waals surface area (Å²) in [4.78, 5) is 8.63. The number of hydrogen-bond donors (Lipinski definition) is 1. The third-order valence-electron chi connectivity index (χ3n) is 3.47. The van der Waals surface area contributed by atoms with Crippen molar-refractivity contribution in [1.82, 2.24) is 15.3 Å². The third-order valence-corrected chi connectivity index (χ3v) is 3.47. The van der Waals surface area contributed by atoms with Crippen LogP contribution in [0.1, 0.15) is 30.7 Å². The first-order valence-electron chi connectivity index (χ1n) is 7.38. The van der Waals surface area contributed by atoms with E-state index in [1.165, 1.54) is 11.1 Å². The maximum absolute atomic E-state index is 4.56. The molecule has 2 aromatic rings. The highest BCUT2D eigenvalue weighted by Gasteiger charge is 2.10. The Balaban J connectivity index is 2.00. The molecule has 0 aliphatic heterocycles. The summed E-state index contributed by atoms with van der Waals surface area (Å²) in [5.74, 6) is 0. The molecule has 3 heteroatoms. The minimum atomic E-state index is 0.419. The SMILES string of the molecule is CCNC(Cc1ccncc1)Cc1ccc(CC)cn1. The summed E-state index contributed by atoms with van der Waals surface area (Å²) in [6.45, 7) is 5.28. The second-order valence-electron chi connectivity index (χ2n) is 5.03. The number of nitrogens with zero attached hydrogens (tertiary/aromatic N) is 2. The maximum Gasteiger partial charge on any atom is 0.0419 e. The lowest BCUT2D eigenvalue weighted by molar-refractivity contribution is 0.516. The largest absolute Gasteiger partial charge is 0.314 e. The second kappa shape index (κ2) is 7.75. The molecular formula is C17H23N3. The number of rotatable bonds is 7. The molecule has 0 fully saturated rings. The van der Waals surface area contributed by atoms with Gasteiger partial charge in [-0.1, -0.05) is 19.9 Å². The fourth-order valence-corrected chi connectivity index (χ4v) is 2.35. The summed E-state index contributed by atoms with van der Waals surface area (Å²) in [7, 11) is 0. The average Bonchev–Trinajstić information content (AvgIpc) is 2.49. The highest BCUT2D eigenvalue weighted by Crippen LogP contribution is 2.08. The number of nitrogens with one attached hydrogen (secondary N) is 1. The van der Waals surface area contributed by atoms with E-state index in [2.05, 4.69) is 53.4 Å². The van der Waals surface area contributed by atoms with Crippen molar-refractivity contribution in [3.05, 3.63) is 59.7 Å². The molecule has 3 nitrogen and oxygen atoms in total. The Bertz CT molecular complexity index is 493. The number of aryl methyl sites for hydroxylation is 1. The van der Waals surface area contributed by atoms with Gasteiger partial charge in [-0.2, -0.15) is 0 Å². The first-order valence-corrected chi connectivity index (χ1v) is 7.38. The van der Waals surface area contributed by atoms with Crippen molar-refractivity contribution < 1.29 is 0 Å². The van der Waals surface area contributed by atoms with E-state index in [-0.39, 0.29) is 0 Å². The lowest BCUT2D eigenvalue weighted by Crippen LogP contribution is -2.33. The monoisotopic (exact) mass is 269 g/mol. The summed E-state index contributed by atoms with van der Waals surface area (Å²) >= 11 is 0. The van der Waals surface area contributed by atoms with Gasteiger partial charge in [-0.25, -0.2) is 0 Å². The van der Waals surface area contributed by atoms with Gasteiger partial charge in [-0.15, -0.1) is 0 Å². The minimum absolute atomic E-state index is 0.419. The van der Waals surface area contributed by atoms with Crippen LogP contribution in [-0.2, 0) is 19.3 Å². The van der Waals surface area contributed by atoms with E-state index in [9.17, 15) is 0 Å². The molecule has 20 heavy (non-hydrogen) atoms. The van der Waals surface area contributed by atoms with E-state index in [4.69, 9.17) is 0 Å². The molecule has 1 unspecified atom stereocenters. The van der Waals surface area contributed by atoms with Gasteiger partial charge in [0.1, 0.15) is 0 Å². The van der Waals surface area contributed by atoms with Gasteiger partial charge in [0, 0.05) is 36.7 Å². The van der Waals surface area contributed by atoms with Crippen molar-refractivity contribution in [1.29, 1.82) is 0 Å². The second-order valence-corrected chi connectivity index (χ2v) is 5.03. The van der Waals surface area contributed by atoms with Gasteiger partial charge in [0.05, 0.1) is 0 Å². The summed E-state index contributed by atoms with van der Waals surface area (Å²) in [5.41, 5.74) is 3.77. The predicted molar refractivity (Wildman–Crippen MR) is 82.7 cm³/mol. The molecule has 0 bridgehead atoms. The van der Waals surface area contributed by atoms with Gasteiger partial charge in [0.2, 0.25) is 0 Å². The van der Waals surface area contributed by atoms with Crippen LogP contribution in [0.2, 0.25) is 0 Å². The molecular weight excluding hydrogens is 246 g/mol. The lowest BCUT2D eigenvalue weighted by atomic mass is 10.0. The number of pyridine rings is 2. The summed E-state index contributed by atoms with van der Waals surface area (Å²) in [6.07, 6.45) is 8.71. The molecule has 2 rings (SSSR count). The van der Waals surface area contributed by atoms with Crippen molar-refractivity contribution in [3.63, 3.8) is 0 Å². The number of aromatic nitrogens is 2. The number of likely N-dealkylation sites (N-methyl/N-ethyl adjacent to an activating group) is 1. The Labute approximate surface area is 121 Å². The van der Waals surface area contributed by atoms with Gasteiger partial charge >= 0.3 is 0 Å². The van der Waals surface area contributed by atoms with E-state index < -0.39 is 0 Å². The van der Waals surface area contributed by atoms with Crippen LogP contribution in [0.3, 0.4) is 0 Å². The Morgan fingerprint density at radius 2 is 1.80 bits per heavy atom. The van der Waals surface area contributed by atoms with Crippen LogP contribution in [-0.4, -0.2) is 22.6 Å². The molecule has 2 aromatic heterocycles. The van der Waals surface area contributed by atoms with Crippen LogP contribution >= 0.6 is 0 Å². The minimum Gasteiger partial charge on any atom is -0.314 e. The van der Waals surface area contributed by atoms with Crippen molar-refractivity contribution in [2.24, 2.45) is 0 Å². The quantitative estimate of drug-likeness (QED) is 0.840. The molecule has 0 amide bonds. The van der Waals surface area contributed by atoms with Gasteiger partial charge in [-0.05, 0) is 48.7 Å². The average molecular weight is 269 g/mol. The smallest absolute Gasteiger partial charge is 0.0419 e. The van der Waals surface area contributed by atoms with Crippen molar-refractivity contribution in [2.45, 2.75) is 39.2 Å². The molecule has 106 valence electrons. The van der Waals surface area contributed by atoms with E-state index in [0.717, 1.165) is 31.5 Å². The summed E-state index contributed by atoms with van der Waals surface area (Å²) < 4.78 is 0. The Hall–Kier alpha value is -1.74. The third kappa shape index (κ3) is 4.42.